The molecule has 0 radical (unpaired) electrons. The minimum absolute atomic E-state index is 0.440. The fraction of sp³-hybridized carbons (Fsp3) is 0.294. The third-order valence-electron chi connectivity index (χ3n) is 3.36. The smallest absolute Gasteiger partial charge is 0.119 e. The average molecular weight is 413 g/mol. The first-order valence-corrected chi connectivity index (χ1v) is 8.59. The van der Waals surface area contributed by atoms with Crippen molar-refractivity contribution >= 4 is 31.9 Å². The minimum atomic E-state index is 0.440. The third kappa shape index (κ3) is 5.81. The minimum Gasteiger partial charge on any atom is -0.494 e. The highest BCUT2D eigenvalue weighted by Crippen LogP contribution is 2.19. The van der Waals surface area contributed by atoms with Crippen molar-refractivity contribution in [1.82, 2.24) is 0 Å². The normalized spacial score (nSPS) is 12.1. The molecule has 2 rings (SSSR count). The molecule has 2 aromatic carbocycles. The van der Waals surface area contributed by atoms with Gasteiger partial charge < -0.3 is 10.5 Å². The van der Waals surface area contributed by atoms with Crippen molar-refractivity contribution in [2.75, 3.05) is 13.2 Å². The summed E-state index contributed by atoms with van der Waals surface area (Å²) in [5, 5.41) is 0. The molecule has 112 valence electrons. The van der Waals surface area contributed by atoms with Gasteiger partial charge in [0.05, 0.1) is 6.61 Å². The summed E-state index contributed by atoms with van der Waals surface area (Å²) in [5.41, 5.74) is 7.19. The monoisotopic (exact) mass is 411 g/mol. The number of nitrogens with two attached hydrogens (primary N) is 1. The van der Waals surface area contributed by atoms with Crippen LogP contribution in [0.3, 0.4) is 0 Å². The van der Waals surface area contributed by atoms with Crippen LogP contribution in [0.2, 0.25) is 0 Å². The van der Waals surface area contributed by atoms with Crippen molar-refractivity contribution in [2.24, 2.45) is 11.7 Å². The number of hydrogen-bond acceptors (Lipinski definition) is 2. The summed E-state index contributed by atoms with van der Waals surface area (Å²) in [6, 6.07) is 16.3. The topological polar surface area (TPSA) is 35.2 Å². The molecule has 1 atom stereocenters. The predicted molar refractivity (Wildman–Crippen MR) is 94.6 cm³/mol. The van der Waals surface area contributed by atoms with Crippen LogP contribution in [0.25, 0.3) is 0 Å². The molecule has 0 amide bonds. The van der Waals surface area contributed by atoms with E-state index in [2.05, 4.69) is 50.1 Å². The Hall–Kier alpha value is -0.840. The Kier molecular flexibility index (Phi) is 6.74. The standard InChI is InChI=1S/C17H19Br2NO/c18-15-4-6-17(7-5-15)21-9-8-14(12-20)10-13-2-1-3-16(19)11-13/h1-7,11,14H,8-10,12,20H2. The molecule has 0 fully saturated rings. The first-order chi connectivity index (χ1) is 10.2. The number of halogens is 2. The molecule has 0 aliphatic heterocycles. The molecule has 21 heavy (non-hydrogen) atoms. The molecule has 0 saturated heterocycles. The van der Waals surface area contributed by atoms with Crippen LogP contribution >= 0.6 is 31.9 Å². The summed E-state index contributed by atoms with van der Waals surface area (Å²) in [6.07, 6.45) is 1.94. The van der Waals surface area contributed by atoms with E-state index >= 15 is 0 Å². The zero-order chi connectivity index (χ0) is 15.1. The maximum atomic E-state index is 5.88. The van der Waals surface area contributed by atoms with Gasteiger partial charge in [0.2, 0.25) is 0 Å². The van der Waals surface area contributed by atoms with Crippen molar-refractivity contribution in [2.45, 2.75) is 12.8 Å². The first-order valence-electron chi connectivity index (χ1n) is 7.00. The molecule has 0 spiro atoms. The second kappa shape index (κ2) is 8.57. The summed E-state index contributed by atoms with van der Waals surface area (Å²) in [5.74, 6) is 1.34. The average Bonchev–Trinajstić information content (AvgIpc) is 2.48. The highest BCUT2D eigenvalue weighted by molar-refractivity contribution is 9.10. The van der Waals surface area contributed by atoms with Crippen molar-refractivity contribution in [3.8, 4) is 5.75 Å². The van der Waals surface area contributed by atoms with Gasteiger partial charge in [-0.05, 0) is 67.3 Å². The lowest BCUT2D eigenvalue weighted by molar-refractivity contribution is 0.279. The second-order valence-corrected chi connectivity index (χ2v) is 6.86. The highest BCUT2D eigenvalue weighted by atomic mass is 79.9. The molecular weight excluding hydrogens is 394 g/mol. The van der Waals surface area contributed by atoms with E-state index in [-0.39, 0.29) is 0 Å². The molecule has 0 saturated carbocycles. The molecule has 0 aliphatic rings. The summed E-state index contributed by atoms with van der Waals surface area (Å²) < 4.78 is 7.94. The van der Waals surface area contributed by atoms with Gasteiger partial charge in [0.1, 0.15) is 5.75 Å². The lowest BCUT2D eigenvalue weighted by Crippen LogP contribution is -2.19. The fourth-order valence-corrected chi connectivity index (χ4v) is 2.89. The third-order valence-corrected chi connectivity index (χ3v) is 4.38. The van der Waals surface area contributed by atoms with Crippen molar-refractivity contribution in [3.05, 3.63) is 63.0 Å². The van der Waals surface area contributed by atoms with Gasteiger partial charge in [0, 0.05) is 8.95 Å². The van der Waals surface area contributed by atoms with Crippen molar-refractivity contribution in [1.29, 1.82) is 0 Å². The summed E-state index contributed by atoms with van der Waals surface area (Å²) in [4.78, 5) is 0. The van der Waals surface area contributed by atoms with Gasteiger partial charge in [-0.1, -0.05) is 44.0 Å². The van der Waals surface area contributed by atoms with Gasteiger partial charge in [-0.15, -0.1) is 0 Å². The zero-order valence-corrected chi connectivity index (χ0v) is 14.9. The van der Waals surface area contributed by atoms with Crippen LogP contribution in [0.1, 0.15) is 12.0 Å². The molecule has 0 heterocycles. The maximum Gasteiger partial charge on any atom is 0.119 e. The van der Waals surface area contributed by atoms with E-state index in [1.54, 1.807) is 0 Å². The molecular formula is C17H19Br2NO. The van der Waals surface area contributed by atoms with Gasteiger partial charge >= 0.3 is 0 Å². The lowest BCUT2D eigenvalue weighted by atomic mass is 9.97. The number of ether oxygens (including phenoxy) is 1. The Labute approximate surface area is 143 Å². The molecule has 0 aliphatic carbocycles. The van der Waals surface area contributed by atoms with E-state index < -0.39 is 0 Å². The Balaban J connectivity index is 1.81. The van der Waals surface area contributed by atoms with Crippen LogP contribution in [-0.2, 0) is 6.42 Å². The number of rotatable bonds is 7. The molecule has 4 heteroatoms. The van der Waals surface area contributed by atoms with E-state index in [1.807, 2.05) is 30.3 Å². The van der Waals surface area contributed by atoms with Crippen LogP contribution in [0.5, 0.6) is 5.75 Å². The Bertz CT molecular complexity index is 557. The van der Waals surface area contributed by atoms with E-state index in [0.717, 1.165) is 27.5 Å². The van der Waals surface area contributed by atoms with Gasteiger partial charge in [-0.25, -0.2) is 0 Å². The van der Waals surface area contributed by atoms with E-state index in [0.29, 0.717) is 19.1 Å². The quantitative estimate of drug-likeness (QED) is 0.708. The largest absolute Gasteiger partial charge is 0.494 e. The summed E-state index contributed by atoms with van der Waals surface area (Å²) in [6.45, 7) is 1.37. The SMILES string of the molecule is NCC(CCOc1ccc(Br)cc1)Cc1cccc(Br)c1. The van der Waals surface area contributed by atoms with Crippen molar-refractivity contribution < 1.29 is 4.74 Å². The summed E-state index contributed by atoms with van der Waals surface area (Å²) in [7, 11) is 0. The highest BCUT2D eigenvalue weighted by Gasteiger charge is 2.08. The van der Waals surface area contributed by atoms with Gasteiger partial charge in [0.15, 0.2) is 0 Å². The molecule has 2 aromatic rings. The van der Waals surface area contributed by atoms with Gasteiger partial charge in [0.25, 0.3) is 0 Å². The van der Waals surface area contributed by atoms with Crippen molar-refractivity contribution in [3.63, 3.8) is 0 Å². The Morgan fingerprint density at radius 2 is 1.76 bits per heavy atom. The molecule has 0 aromatic heterocycles. The van der Waals surface area contributed by atoms with E-state index in [1.165, 1.54) is 5.56 Å². The molecule has 2 N–H and O–H groups in total. The van der Waals surface area contributed by atoms with E-state index in [9.17, 15) is 0 Å². The number of hydrogen-bond donors (Lipinski definition) is 1. The lowest BCUT2D eigenvalue weighted by Gasteiger charge is -2.15. The van der Waals surface area contributed by atoms with Crippen LogP contribution in [0.15, 0.2) is 57.5 Å². The molecule has 0 bridgehead atoms. The van der Waals surface area contributed by atoms with E-state index in [4.69, 9.17) is 10.5 Å². The second-order valence-electron chi connectivity index (χ2n) is 5.03. The van der Waals surface area contributed by atoms with Crippen LogP contribution in [0.4, 0.5) is 0 Å². The Morgan fingerprint density at radius 1 is 1.00 bits per heavy atom. The van der Waals surface area contributed by atoms with Crippen LogP contribution < -0.4 is 10.5 Å². The Morgan fingerprint density at radius 3 is 2.43 bits per heavy atom. The van der Waals surface area contributed by atoms with Crippen LogP contribution in [-0.4, -0.2) is 13.2 Å². The fourth-order valence-electron chi connectivity index (χ4n) is 2.17. The maximum absolute atomic E-state index is 5.88. The van der Waals surface area contributed by atoms with Gasteiger partial charge in [-0.2, -0.15) is 0 Å². The molecule has 2 nitrogen and oxygen atoms in total. The van der Waals surface area contributed by atoms with Crippen LogP contribution in [0, 0.1) is 5.92 Å². The first kappa shape index (κ1) is 16.5. The summed E-state index contributed by atoms with van der Waals surface area (Å²) >= 11 is 6.92. The predicted octanol–water partition coefficient (Wildman–Crippen LogP) is 4.80. The number of benzene rings is 2. The van der Waals surface area contributed by atoms with Gasteiger partial charge in [-0.3, -0.25) is 0 Å². The zero-order valence-electron chi connectivity index (χ0n) is 11.8. The molecule has 1 unspecified atom stereocenters.